The van der Waals surface area contributed by atoms with E-state index in [9.17, 15) is 0 Å². The quantitative estimate of drug-likeness (QED) is 0.468. The molecule has 0 spiro atoms. The normalized spacial score (nSPS) is 12.3. The summed E-state index contributed by atoms with van der Waals surface area (Å²) in [6.07, 6.45) is 0. The van der Waals surface area contributed by atoms with Gasteiger partial charge in [0.25, 0.3) is 0 Å². The lowest BCUT2D eigenvalue weighted by atomic mass is 10.1. The second-order valence-electron chi connectivity index (χ2n) is 5.36. The van der Waals surface area contributed by atoms with E-state index in [-0.39, 0.29) is 5.25 Å². The fourth-order valence-corrected chi connectivity index (χ4v) is 3.95. The zero-order valence-corrected chi connectivity index (χ0v) is 15.9. The van der Waals surface area contributed by atoms with Gasteiger partial charge >= 0.3 is 0 Å². The summed E-state index contributed by atoms with van der Waals surface area (Å²) in [5.41, 5.74) is 2.11. The Morgan fingerprint density at radius 1 is 1.20 bits per heavy atom. The maximum atomic E-state index is 5.81. The van der Waals surface area contributed by atoms with Crippen LogP contribution in [0.25, 0.3) is 11.5 Å². The number of hydrogen-bond acceptors (Lipinski definition) is 9. The number of aromatic nitrogens is 4. The first kappa shape index (κ1) is 17.8. The smallest absolute Gasteiger partial charge is 0.247 e. The number of rotatable bonds is 8. The number of thioether (sulfide) groups is 1. The third-order valence-corrected chi connectivity index (χ3v) is 5.41. The molecule has 2 aromatic heterocycles. The van der Waals surface area contributed by atoms with Gasteiger partial charge in [-0.05, 0) is 26.0 Å². The van der Waals surface area contributed by atoms with Crippen LogP contribution in [0.5, 0.6) is 0 Å². The molecule has 1 aromatic carbocycles. The highest BCUT2D eigenvalue weighted by Gasteiger charge is 2.18. The molecule has 3 rings (SSSR count). The molecular formula is C16H19N5O2S2. The fraction of sp³-hybridized carbons (Fsp3) is 0.375. The Bertz CT molecular complexity index is 803. The molecule has 9 heteroatoms. The van der Waals surface area contributed by atoms with Gasteiger partial charge in [0.2, 0.25) is 16.9 Å². The summed E-state index contributed by atoms with van der Waals surface area (Å²) in [5.74, 6) is 1.10. The molecule has 3 aromatic rings. The monoisotopic (exact) mass is 377 g/mol. The zero-order valence-electron chi connectivity index (χ0n) is 14.2. The molecule has 0 radical (unpaired) electrons. The number of anilines is 1. The van der Waals surface area contributed by atoms with E-state index in [0.29, 0.717) is 24.9 Å². The average molecular weight is 377 g/mol. The highest BCUT2D eigenvalue weighted by Crippen LogP contribution is 2.37. The molecule has 7 nitrogen and oxygen atoms in total. The van der Waals surface area contributed by atoms with Crippen molar-refractivity contribution in [3.63, 3.8) is 0 Å². The molecule has 0 amide bonds. The first-order valence-electron chi connectivity index (χ1n) is 7.79. The summed E-state index contributed by atoms with van der Waals surface area (Å²) in [5, 5.41) is 20.5. The Balaban J connectivity index is 1.62. The van der Waals surface area contributed by atoms with Gasteiger partial charge in [-0.3, -0.25) is 0 Å². The molecule has 2 heterocycles. The van der Waals surface area contributed by atoms with Crippen molar-refractivity contribution >= 4 is 28.2 Å². The van der Waals surface area contributed by atoms with Gasteiger partial charge in [-0.15, -0.1) is 20.4 Å². The summed E-state index contributed by atoms with van der Waals surface area (Å²) < 4.78 is 11.7. The molecule has 25 heavy (non-hydrogen) atoms. The van der Waals surface area contributed by atoms with Gasteiger partial charge in [-0.2, -0.15) is 0 Å². The van der Waals surface area contributed by atoms with Crippen LogP contribution in [0.3, 0.4) is 0 Å². The summed E-state index contributed by atoms with van der Waals surface area (Å²) in [7, 11) is 1.67. The second-order valence-corrected chi connectivity index (χ2v) is 7.93. The first-order valence-corrected chi connectivity index (χ1v) is 9.48. The van der Waals surface area contributed by atoms with Crippen molar-refractivity contribution in [2.75, 3.05) is 25.6 Å². The van der Waals surface area contributed by atoms with Gasteiger partial charge in [-0.1, -0.05) is 40.8 Å². The predicted octanol–water partition coefficient (Wildman–Crippen LogP) is 3.81. The largest absolute Gasteiger partial charge is 0.419 e. The minimum Gasteiger partial charge on any atom is -0.419 e. The predicted molar refractivity (Wildman–Crippen MR) is 99.0 cm³/mol. The number of hydrogen-bond donors (Lipinski definition) is 1. The van der Waals surface area contributed by atoms with Gasteiger partial charge < -0.3 is 14.5 Å². The van der Waals surface area contributed by atoms with E-state index in [2.05, 4.69) is 25.7 Å². The number of benzene rings is 1. The maximum Gasteiger partial charge on any atom is 0.247 e. The van der Waals surface area contributed by atoms with Gasteiger partial charge in [0.1, 0.15) is 0 Å². The van der Waals surface area contributed by atoms with E-state index >= 15 is 0 Å². The highest BCUT2D eigenvalue weighted by atomic mass is 32.2. The number of aryl methyl sites for hydroxylation is 1. The molecule has 1 N–H and O–H groups in total. The van der Waals surface area contributed by atoms with Gasteiger partial charge in [0.05, 0.1) is 11.9 Å². The van der Waals surface area contributed by atoms with Crippen molar-refractivity contribution in [1.82, 2.24) is 20.4 Å². The van der Waals surface area contributed by atoms with E-state index in [0.717, 1.165) is 15.0 Å². The van der Waals surface area contributed by atoms with Gasteiger partial charge in [0.15, 0.2) is 4.34 Å². The van der Waals surface area contributed by atoms with Gasteiger partial charge in [-0.25, -0.2) is 0 Å². The zero-order chi connectivity index (χ0) is 17.6. The van der Waals surface area contributed by atoms with Crippen LogP contribution in [0.2, 0.25) is 0 Å². The van der Waals surface area contributed by atoms with Crippen LogP contribution in [0.15, 0.2) is 33.0 Å². The molecule has 0 saturated heterocycles. The van der Waals surface area contributed by atoms with Crippen LogP contribution in [-0.2, 0) is 4.74 Å². The second kappa shape index (κ2) is 8.41. The van der Waals surface area contributed by atoms with Crippen LogP contribution >= 0.6 is 23.1 Å². The SMILES string of the molecule is COCCNc1nnc(SC(C)c2nnc(-c3ccc(C)cc3)o2)s1. The Morgan fingerprint density at radius 3 is 2.76 bits per heavy atom. The summed E-state index contributed by atoms with van der Waals surface area (Å²) in [6.45, 7) is 5.38. The molecule has 1 unspecified atom stereocenters. The minimum atomic E-state index is -0.00789. The van der Waals surface area contributed by atoms with Crippen LogP contribution in [0, 0.1) is 6.92 Å². The minimum absolute atomic E-state index is 0.00789. The Hall–Kier alpha value is -1.97. The van der Waals surface area contributed by atoms with Crippen LogP contribution in [0.4, 0.5) is 5.13 Å². The third kappa shape index (κ3) is 4.77. The van der Waals surface area contributed by atoms with Crippen LogP contribution in [0.1, 0.15) is 23.6 Å². The summed E-state index contributed by atoms with van der Waals surface area (Å²) >= 11 is 3.04. The molecule has 0 aliphatic rings. The summed E-state index contributed by atoms with van der Waals surface area (Å²) in [4.78, 5) is 0. The maximum absolute atomic E-state index is 5.81. The van der Waals surface area contributed by atoms with Gasteiger partial charge in [0, 0.05) is 19.2 Å². The van der Waals surface area contributed by atoms with E-state index in [1.165, 1.54) is 16.9 Å². The number of nitrogens with zero attached hydrogens (tertiary/aromatic N) is 4. The average Bonchev–Trinajstić information content (AvgIpc) is 3.25. The number of nitrogens with one attached hydrogen (secondary N) is 1. The van der Waals surface area contributed by atoms with Crippen LogP contribution < -0.4 is 5.32 Å². The van der Waals surface area contributed by atoms with Crippen molar-refractivity contribution in [2.45, 2.75) is 23.4 Å². The molecule has 0 fully saturated rings. The van der Waals surface area contributed by atoms with E-state index in [4.69, 9.17) is 9.15 Å². The first-order chi connectivity index (χ1) is 12.2. The summed E-state index contributed by atoms with van der Waals surface area (Å²) in [6, 6.07) is 8.01. The topological polar surface area (TPSA) is 86.0 Å². The Morgan fingerprint density at radius 2 is 2.00 bits per heavy atom. The molecule has 0 aliphatic heterocycles. The standard InChI is InChI=1S/C16H19N5O2S2/c1-10-4-6-12(7-5-10)14-19-18-13(23-14)11(2)24-16-21-20-15(25-16)17-8-9-22-3/h4-7,11H,8-9H2,1-3H3,(H,17,20). The molecule has 0 saturated carbocycles. The molecule has 1 atom stereocenters. The lowest BCUT2D eigenvalue weighted by Crippen LogP contribution is -2.06. The third-order valence-electron chi connectivity index (χ3n) is 3.35. The number of methoxy groups -OCH3 is 1. The lowest BCUT2D eigenvalue weighted by Gasteiger charge is -2.02. The molecule has 132 valence electrons. The van der Waals surface area contributed by atoms with Crippen molar-refractivity contribution in [3.8, 4) is 11.5 Å². The van der Waals surface area contributed by atoms with Crippen LogP contribution in [-0.4, -0.2) is 40.7 Å². The molecular weight excluding hydrogens is 358 g/mol. The Kier molecular flexibility index (Phi) is 6.00. The van der Waals surface area contributed by atoms with Crippen molar-refractivity contribution in [3.05, 3.63) is 35.7 Å². The Labute approximate surface area is 154 Å². The van der Waals surface area contributed by atoms with Crippen molar-refractivity contribution < 1.29 is 9.15 Å². The molecule has 0 aliphatic carbocycles. The van der Waals surface area contributed by atoms with E-state index in [1.807, 2.05) is 38.1 Å². The van der Waals surface area contributed by atoms with E-state index < -0.39 is 0 Å². The number of ether oxygens (including phenoxy) is 1. The highest BCUT2D eigenvalue weighted by molar-refractivity contribution is 8.01. The van der Waals surface area contributed by atoms with E-state index in [1.54, 1.807) is 18.9 Å². The van der Waals surface area contributed by atoms with Crippen molar-refractivity contribution in [2.24, 2.45) is 0 Å². The van der Waals surface area contributed by atoms with Crippen molar-refractivity contribution in [1.29, 1.82) is 0 Å². The fourth-order valence-electron chi connectivity index (χ4n) is 2.00. The molecule has 0 bridgehead atoms. The lowest BCUT2D eigenvalue weighted by molar-refractivity contribution is 0.211.